The van der Waals surface area contributed by atoms with Crippen molar-refractivity contribution in [3.05, 3.63) is 48.0 Å². The Morgan fingerprint density at radius 1 is 1.11 bits per heavy atom. The molecule has 0 saturated heterocycles. The van der Waals surface area contributed by atoms with Crippen LogP contribution < -0.4 is 5.73 Å². The zero-order valence-electron chi connectivity index (χ0n) is 9.15. The summed E-state index contributed by atoms with van der Waals surface area (Å²) in [7, 11) is 0. The van der Waals surface area contributed by atoms with Crippen molar-refractivity contribution in [1.29, 1.82) is 0 Å². The quantitative estimate of drug-likeness (QED) is 0.677. The van der Waals surface area contributed by atoms with E-state index in [0.29, 0.717) is 20.9 Å². The average Bonchev–Trinajstić information content (AvgIpc) is 2.71. The van der Waals surface area contributed by atoms with Gasteiger partial charge in [-0.05, 0) is 30.3 Å². The first kappa shape index (κ1) is 11.1. The second-order valence-corrected chi connectivity index (χ2v) is 4.87. The molecule has 0 unspecified atom stereocenters. The minimum atomic E-state index is -0.422. The van der Waals surface area contributed by atoms with Crippen LogP contribution in [0.25, 0.3) is 20.8 Å². The van der Waals surface area contributed by atoms with Crippen molar-refractivity contribution in [3.63, 3.8) is 0 Å². The summed E-state index contributed by atoms with van der Waals surface area (Å²) in [6.45, 7) is 0. The normalized spacial score (nSPS) is 11.0. The van der Waals surface area contributed by atoms with Gasteiger partial charge in [0.15, 0.2) is 0 Å². The summed E-state index contributed by atoms with van der Waals surface area (Å²) in [6.07, 6.45) is 0. The zero-order chi connectivity index (χ0) is 12.7. The van der Waals surface area contributed by atoms with Gasteiger partial charge in [-0.3, -0.25) is 0 Å². The minimum Gasteiger partial charge on any atom is -0.398 e. The molecule has 0 atom stereocenters. The van der Waals surface area contributed by atoms with E-state index in [1.807, 2.05) is 0 Å². The van der Waals surface area contributed by atoms with E-state index in [2.05, 4.69) is 4.98 Å². The van der Waals surface area contributed by atoms with Crippen LogP contribution in [0, 0.1) is 11.6 Å². The second kappa shape index (κ2) is 4.03. The Morgan fingerprint density at radius 3 is 2.72 bits per heavy atom. The van der Waals surface area contributed by atoms with Gasteiger partial charge < -0.3 is 5.73 Å². The molecule has 5 heteroatoms. The maximum Gasteiger partial charge on any atom is 0.135 e. The van der Waals surface area contributed by atoms with Gasteiger partial charge in [0.1, 0.15) is 16.6 Å². The molecule has 3 aromatic rings. The molecule has 0 saturated carbocycles. The summed E-state index contributed by atoms with van der Waals surface area (Å²) in [6, 6.07) is 8.77. The fourth-order valence-electron chi connectivity index (χ4n) is 1.77. The number of nitrogens with two attached hydrogens (primary N) is 1. The third-order valence-electron chi connectivity index (χ3n) is 2.61. The predicted octanol–water partition coefficient (Wildman–Crippen LogP) is 3.82. The second-order valence-electron chi connectivity index (χ2n) is 3.84. The molecule has 0 spiro atoms. The maximum absolute atomic E-state index is 13.8. The van der Waals surface area contributed by atoms with Crippen LogP contribution in [0.1, 0.15) is 0 Å². The molecule has 90 valence electrons. The number of thiazole rings is 1. The standard InChI is InChI=1S/C13H8F2N2S/c14-7-4-5-10-11(6-7)18-13(17-10)12-8(15)2-1-3-9(12)16/h1-6H,16H2. The lowest BCUT2D eigenvalue weighted by molar-refractivity contribution is 0.629. The van der Waals surface area contributed by atoms with E-state index in [1.54, 1.807) is 18.2 Å². The molecule has 1 heterocycles. The van der Waals surface area contributed by atoms with Crippen molar-refractivity contribution in [1.82, 2.24) is 4.98 Å². The van der Waals surface area contributed by atoms with Crippen LogP contribution >= 0.6 is 11.3 Å². The number of halogens is 2. The summed E-state index contributed by atoms with van der Waals surface area (Å²) in [4.78, 5) is 4.28. The lowest BCUT2D eigenvalue weighted by Gasteiger charge is -2.02. The van der Waals surface area contributed by atoms with Crippen molar-refractivity contribution in [2.24, 2.45) is 0 Å². The molecular weight excluding hydrogens is 254 g/mol. The van der Waals surface area contributed by atoms with Gasteiger partial charge in [-0.25, -0.2) is 13.8 Å². The van der Waals surface area contributed by atoms with Gasteiger partial charge >= 0.3 is 0 Å². The van der Waals surface area contributed by atoms with Gasteiger partial charge in [0, 0.05) is 5.69 Å². The Labute approximate surface area is 106 Å². The van der Waals surface area contributed by atoms with Gasteiger partial charge in [-0.1, -0.05) is 6.07 Å². The number of nitrogen functional groups attached to an aromatic ring is 1. The van der Waals surface area contributed by atoms with Gasteiger partial charge in [0.25, 0.3) is 0 Å². The van der Waals surface area contributed by atoms with Crippen molar-refractivity contribution < 1.29 is 8.78 Å². The number of rotatable bonds is 1. The van der Waals surface area contributed by atoms with Crippen LogP contribution in [-0.2, 0) is 0 Å². The van der Waals surface area contributed by atoms with Gasteiger partial charge in [0.05, 0.1) is 15.8 Å². The Balaban J connectivity index is 2.26. The number of benzene rings is 2. The largest absolute Gasteiger partial charge is 0.398 e. The summed E-state index contributed by atoms with van der Waals surface area (Å²) in [5.41, 5.74) is 7.00. The van der Waals surface area contributed by atoms with E-state index < -0.39 is 5.82 Å². The Kier molecular flexibility index (Phi) is 2.48. The SMILES string of the molecule is Nc1cccc(F)c1-c1nc2ccc(F)cc2s1. The summed E-state index contributed by atoms with van der Waals surface area (Å²) < 4.78 is 27.5. The number of anilines is 1. The van der Waals surface area contributed by atoms with Crippen molar-refractivity contribution >= 4 is 27.2 Å². The van der Waals surface area contributed by atoms with Crippen molar-refractivity contribution in [3.8, 4) is 10.6 Å². The highest BCUT2D eigenvalue weighted by Crippen LogP contribution is 2.35. The van der Waals surface area contributed by atoms with E-state index in [0.717, 1.165) is 0 Å². The first-order chi connectivity index (χ1) is 8.65. The summed E-state index contributed by atoms with van der Waals surface area (Å²) >= 11 is 1.22. The van der Waals surface area contributed by atoms with Gasteiger partial charge in [0.2, 0.25) is 0 Å². The first-order valence-corrected chi connectivity index (χ1v) is 6.07. The molecule has 18 heavy (non-hydrogen) atoms. The van der Waals surface area contributed by atoms with Crippen LogP contribution in [0.3, 0.4) is 0 Å². The molecule has 3 rings (SSSR count). The molecular formula is C13H8F2N2S. The van der Waals surface area contributed by atoms with Crippen LogP contribution in [0.2, 0.25) is 0 Å². The number of nitrogens with zero attached hydrogens (tertiary/aromatic N) is 1. The van der Waals surface area contributed by atoms with E-state index in [1.165, 1.54) is 29.5 Å². The lowest BCUT2D eigenvalue weighted by atomic mass is 10.2. The number of fused-ring (bicyclic) bond motifs is 1. The summed E-state index contributed by atoms with van der Waals surface area (Å²) in [5, 5.41) is 0.464. The molecule has 2 N–H and O–H groups in total. The predicted molar refractivity (Wildman–Crippen MR) is 69.4 cm³/mol. The zero-order valence-corrected chi connectivity index (χ0v) is 9.97. The topological polar surface area (TPSA) is 38.9 Å². The molecule has 2 aromatic carbocycles. The van der Waals surface area contributed by atoms with E-state index >= 15 is 0 Å². The Bertz CT molecular complexity index is 717. The highest BCUT2D eigenvalue weighted by Gasteiger charge is 2.13. The molecule has 0 aliphatic heterocycles. The fourth-order valence-corrected chi connectivity index (χ4v) is 2.83. The van der Waals surface area contributed by atoms with E-state index in [-0.39, 0.29) is 11.4 Å². The number of aromatic nitrogens is 1. The molecule has 2 nitrogen and oxygen atoms in total. The highest BCUT2D eigenvalue weighted by molar-refractivity contribution is 7.21. The third-order valence-corrected chi connectivity index (χ3v) is 3.65. The molecule has 0 radical (unpaired) electrons. The smallest absolute Gasteiger partial charge is 0.135 e. The lowest BCUT2D eigenvalue weighted by Crippen LogP contribution is -1.92. The third kappa shape index (κ3) is 1.73. The van der Waals surface area contributed by atoms with Crippen LogP contribution in [0.5, 0.6) is 0 Å². The van der Waals surface area contributed by atoms with Crippen LogP contribution in [0.4, 0.5) is 14.5 Å². The van der Waals surface area contributed by atoms with E-state index in [9.17, 15) is 8.78 Å². The Morgan fingerprint density at radius 2 is 1.94 bits per heavy atom. The molecule has 0 bridgehead atoms. The molecule has 0 fully saturated rings. The molecule has 0 aliphatic carbocycles. The van der Waals surface area contributed by atoms with E-state index in [4.69, 9.17) is 5.73 Å². The fraction of sp³-hybridized carbons (Fsp3) is 0. The maximum atomic E-state index is 13.8. The Hall–Kier alpha value is -2.01. The van der Waals surface area contributed by atoms with Gasteiger partial charge in [-0.15, -0.1) is 11.3 Å². The van der Waals surface area contributed by atoms with Gasteiger partial charge in [-0.2, -0.15) is 0 Å². The van der Waals surface area contributed by atoms with Crippen LogP contribution in [-0.4, -0.2) is 4.98 Å². The monoisotopic (exact) mass is 262 g/mol. The minimum absolute atomic E-state index is 0.277. The number of hydrogen-bond donors (Lipinski definition) is 1. The summed E-state index contributed by atoms with van der Waals surface area (Å²) in [5.74, 6) is -0.756. The highest BCUT2D eigenvalue weighted by atomic mass is 32.1. The number of hydrogen-bond acceptors (Lipinski definition) is 3. The first-order valence-electron chi connectivity index (χ1n) is 5.25. The van der Waals surface area contributed by atoms with Crippen molar-refractivity contribution in [2.45, 2.75) is 0 Å². The molecule has 1 aromatic heterocycles. The average molecular weight is 262 g/mol. The molecule has 0 aliphatic rings. The van der Waals surface area contributed by atoms with Crippen molar-refractivity contribution in [2.75, 3.05) is 5.73 Å². The molecule has 0 amide bonds. The van der Waals surface area contributed by atoms with Crippen LogP contribution in [0.15, 0.2) is 36.4 Å².